The van der Waals surface area contributed by atoms with Crippen LogP contribution >= 0.6 is 0 Å². The molecule has 1 aliphatic heterocycles. The third-order valence-electron chi connectivity index (χ3n) is 2.70. The number of carbonyl (C=O) groups excluding carboxylic acids is 1. The SMILES string of the molecule is Cc1cccc2c1Oc1ccccc1OC2=O. The molecule has 0 saturated carbocycles. The second-order valence-electron chi connectivity index (χ2n) is 3.89. The van der Waals surface area contributed by atoms with Crippen molar-refractivity contribution in [1.29, 1.82) is 0 Å². The van der Waals surface area contributed by atoms with E-state index in [-0.39, 0.29) is 5.97 Å². The largest absolute Gasteiger partial charge is 0.452 e. The Hall–Kier alpha value is -2.29. The van der Waals surface area contributed by atoms with Gasteiger partial charge in [-0.25, -0.2) is 4.79 Å². The summed E-state index contributed by atoms with van der Waals surface area (Å²) in [6.07, 6.45) is 0. The Kier molecular flexibility index (Phi) is 2.11. The Balaban J connectivity index is 2.22. The molecule has 17 heavy (non-hydrogen) atoms. The minimum Gasteiger partial charge on any atom is -0.452 e. The molecular formula is C14H10O3. The Morgan fingerprint density at radius 3 is 2.35 bits per heavy atom. The molecule has 0 fully saturated rings. The maximum absolute atomic E-state index is 11.9. The van der Waals surface area contributed by atoms with Crippen LogP contribution in [0.4, 0.5) is 0 Å². The normalized spacial score (nSPS) is 12.9. The Morgan fingerprint density at radius 1 is 0.882 bits per heavy atom. The van der Waals surface area contributed by atoms with Gasteiger partial charge < -0.3 is 9.47 Å². The van der Waals surface area contributed by atoms with Gasteiger partial charge in [0.25, 0.3) is 0 Å². The van der Waals surface area contributed by atoms with E-state index < -0.39 is 0 Å². The molecule has 1 heterocycles. The predicted octanol–water partition coefficient (Wildman–Crippen LogP) is 3.32. The molecule has 2 aromatic carbocycles. The highest BCUT2D eigenvalue weighted by Gasteiger charge is 2.23. The lowest BCUT2D eigenvalue weighted by Gasteiger charge is -2.08. The average molecular weight is 226 g/mol. The van der Waals surface area contributed by atoms with E-state index in [4.69, 9.17) is 9.47 Å². The number of esters is 1. The van der Waals surface area contributed by atoms with Gasteiger partial charge in [0, 0.05) is 0 Å². The van der Waals surface area contributed by atoms with E-state index in [1.807, 2.05) is 25.1 Å². The van der Waals surface area contributed by atoms with Crippen molar-refractivity contribution in [3.63, 3.8) is 0 Å². The third kappa shape index (κ3) is 1.56. The van der Waals surface area contributed by atoms with Gasteiger partial charge in [0.1, 0.15) is 11.3 Å². The topological polar surface area (TPSA) is 35.5 Å². The van der Waals surface area contributed by atoms with Crippen molar-refractivity contribution in [3.05, 3.63) is 53.6 Å². The number of hydrogen-bond acceptors (Lipinski definition) is 3. The summed E-state index contributed by atoms with van der Waals surface area (Å²) in [6.45, 7) is 1.90. The molecule has 0 aliphatic carbocycles. The van der Waals surface area contributed by atoms with Gasteiger partial charge >= 0.3 is 5.97 Å². The van der Waals surface area contributed by atoms with Crippen LogP contribution in [-0.2, 0) is 0 Å². The zero-order chi connectivity index (χ0) is 11.8. The van der Waals surface area contributed by atoms with Gasteiger partial charge in [0.05, 0.1) is 0 Å². The van der Waals surface area contributed by atoms with Crippen molar-refractivity contribution >= 4 is 5.97 Å². The molecule has 3 heteroatoms. The van der Waals surface area contributed by atoms with Gasteiger partial charge in [-0.3, -0.25) is 0 Å². The molecule has 0 unspecified atom stereocenters. The summed E-state index contributed by atoms with van der Waals surface area (Å²) in [6, 6.07) is 12.6. The van der Waals surface area contributed by atoms with E-state index in [0.717, 1.165) is 5.56 Å². The highest BCUT2D eigenvalue weighted by molar-refractivity contribution is 5.95. The fourth-order valence-electron chi connectivity index (χ4n) is 1.83. The van der Waals surface area contributed by atoms with Crippen LogP contribution in [0.3, 0.4) is 0 Å². The molecule has 0 saturated heterocycles. The maximum atomic E-state index is 11.9. The van der Waals surface area contributed by atoms with E-state index in [9.17, 15) is 4.79 Å². The summed E-state index contributed by atoms with van der Waals surface area (Å²) < 4.78 is 11.0. The molecule has 0 spiro atoms. The molecule has 0 amide bonds. The van der Waals surface area contributed by atoms with Crippen molar-refractivity contribution in [2.45, 2.75) is 6.92 Å². The molecule has 3 rings (SSSR count). The average Bonchev–Trinajstić information content (AvgIpc) is 2.47. The lowest BCUT2D eigenvalue weighted by molar-refractivity contribution is 0.0737. The third-order valence-corrected chi connectivity index (χ3v) is 2.70. The van der Waals surface area contributed by atoms with Crippen molar-refractivity contribution in [2.75, 3.05) is 0 Å². The van der Waals surface area contributed by atoms with Crippen LogP contribution in [-0.4, -0.2) is 5.97 Å². The Labute approximate surface area is 98.6 Å². The second kappa shape index (κ2) is 3.63. The van der Waals surface area contributed by atoms with E-state index >= 15 is 0 Å². The van der Waals surface area contributed by atoms with Crippen molar-refractivity contribution < 1.29 is 14.3 Å². The quantitative estimate of drug-likeness (QED) is 0.510. The Morgan fingerprint density at radius 2 is 1.59 bits per heavy atom. The van der Waals surface area contributed by atoms with Crippen molar-refractivity contribution in [3.8, 4) is 17.2 Å². The van der Waals surface area contributed by atoms with Gasteiger partial charge in [-0.05, 0) is 30.7 Å². The number of hydrogen-bond donors (Lipinski definition) is 0. The van der Waals surface area contributed by atoms with E-state index in [2.05, 4.69) is 0 Å². The van der Waals surface area contributed by atoms with E-state index in [1.165, 1.54) is 0 Å². The van der Waals surface area contributed by atoms with Gasteiger partial charge in [-0.1, -0.05) is 24.3 Å². The van der Waals surface area contributed by atoms with Crippen LogP contribution in [0.2, 0.25) is 0 Å². The molecule has 0 bridgehead atoms. The first-order chi connectivity index (χ1) is 8.25. The summed E-state index contributed by atoms with van der Waals surface area (Å²) in [5.74, 6) is 1.21. The fraction of sp³-hybridized carbons (Fsp3) is 0.0714. The van der Waals surface area contributed by atoms with Crippen LogP contribution in [0, 0.1) is 6.92 Å². The van der Waals surface area contributed by atoms with E-state index in [1.54, 1.807) is 24.3 Å². The van der Waals surface area contributed by atoms with Crippen LogP contribution < -0.4 is 9.47 Å². The van der Waals surface area contributed by atoms with Gasteiger partial charge in [0.15, 0.2) is 11.5 Å². The van der Waals surface area contributed by atoms with Gasteiger partial charge in [-0.2, -0.15) is 0 Å². The molecule has 0 radical (unpaired) electrons. The summed E-state index contributed by atoms with van der Waals surface area (Å²) in [7, 11) is 0. The van der Waals surface area contributed by atoms with Crippen molar-refractivity contribution in [2.24, 2.45) is 0 Å². The number of para-hydroxylation sites is 3. The Bertz CT molecular complexity index is 602. The van der Waals surface area contributed by atoms with Crippen molar-refractivity contribution in [1.82, 2.24) is 0 Å². The van der Waals surface area contributed by atoms with Gasteiger partial charge in [-0.15, -0.1) is 0 Å². The zero-order valence-electron chi connectivity index (χ0n) is 9.27. The monoisotopic (exact) mass is 226 g/mol. The first-order valence-corrected chi connectivity index (χ1v) is 5.34. The van der Waals surface area contributed by atoms with Crippen LogP contribution in [0.15, 0.2) is 42.5 Å². The van der Waals surface area contributed by atoms with E-state index in [0.29, 0.717) is 22.8 Å². The summed E-state index contributed by atoms with van der Waals surface area (Å²) in [5, 5.41) is 0. The number of carbonyl (C=O) groups is 1. The van der Waals surface area contributed by atoms with Crippen LogP contribution in [0.1, 0.15) is 15.9 Å². The summed E-state index contributed by atoms with van der Waals surface area (Å²) in [4.78, 5) is 11.9. The highest BCUT2D eigenvalue weighted by Crippen LogP contribution is 2.38. The minimum absolute atomic E-state index is 0.381. The standard InChI is InChI=1S/C14H10O3/c1-9-5-4-6-10-13(9)16-11-7-2-3-8-12(11)17-14(10)15/h2-8H,1H3. The minimum atomic E-state index is -0.381. The second-order valence-corrected chi connectivity index (χ2v) is 3.89. The lowest BCUT2D eigenvalue weighted by Crippen LogP contribution is -2.07. The fourth-order valence-corrected chi connectivity index (χ4v) is 1.83. The number of rotatable bonds is 0. The lowest BCUT2D eigenvalue weighted by atomic mass is 10.1. The first-order valence-electron chi connectivity index (χ1n) is 5.34. The summed E-state index contributed by atoms with van der Waals surface area (Å²) >= 11 is 0. The molecule has 0 aromatic heterocycles. The maximum Gasteiger partial charge on any atom is 0.347 e. The molecule has 2 aromatic rings. The number of ether oxygens (including phenoxy) is 2. The molecule has 1 aliphatic rings. The smallest absolute Gasteiger partial charge is 0.347 e. The van der Waals surface area contributed by atoms with Gasteiger partial charge in [0.2, 0.25) is 0 Å². The summed E-state index contributed by atoms with van der Waals surface area (Å²) in [5.41, 5.74) is 1.37. The molecule has 84 valence electrons. The molecule has 0 N–H and O–H groups in total. The molecule has 0 atom stereocenters. The van der Waals surface area contributed by atoms with Crippen LogP contribution in [0.5, 0.6) is 17.2 Å². The first kappa shape index (κ1) is 9.90. The van der Waals surface area contributed by atoms with Crippen LogP contribution in [0.25, 0.3) is 0 Å². The number of benzene rings is 2. The number of fused-ring (bicyclic) bond motifs is 2. The molecular weight excluding hydrogens is 216 g/mol. The predicted molar refractivity (Wildman–Crippen MR) is 62.7 cm³/mol. The molecule has 3 nitrogen and oxygen atoms in total. The number of aryl methyl sites for hydroxylation is 1. The zero-order valence-corrected chi connectivity index (χ0v) is 9.27. The highest BCUT2D eigenvalue weighted by atomic mass is 16.6.